The summed E-state index contributed by atoms with van der Waals surface area (Å²) in [7, 11) is 3.28. The molecule has 4 N–H and O–H groups in total. The normalized spacial score (nSPS) is 17.9. The van der Waals surface area contributed by atoms with Crippen LogP contribution >= 0.6 is 11.6 Å². The Labute approximate surface area is 217 Å². The number of amides is 3. The first-order valence-electron chi connectivity index (χ1n) is 11.8. The second kappa shape index (κ2) is 10.9. The number of nitrogens with two attached hydrogens (primary N) is 1. The minimum atomic E-state index is -1.27. The maximum atomic E-state index is 16.0. The van der Waals surface area contributed by atoms with Crippen molar-refractivity contribution in [2.75, 3.05) is 57.0 Å². The molecular weight excluding hydrogens is 508 g/mol. The Morgan fingerprint density at radius 2 is 1.95 bits per heavy atom. The van der Waals surface area contributed by atoms with E-state index in [9.17, 15) is 19.1 Å². The van der Waals surface area contributed by atoms with Gasteiger partial charge in [-0.05, 0) is 18.6 Å². The van der Waals surface area contributed by atoms with Crippen LogP contribution in [0.3, 0.4) is 0 Å². The number of halogens is 3. The molecule has 0 bridgehead atoms. The molecule has 3 amide bonds. The van der Waals surface area contributed by atoms with Gasteiger partial charge >= 0.3 is 6.03 Å². The zero-order valence-electron chi connectivity index (χ0n) is 20.5. The van der Waals surface area contributed by atoms with Gasteiger partial charge in [-0.15, -0.1) is 0 Å². The van der Waals surface area contributed by atoms with Crippen LogP contribution in [0, 0.1) is 5.82 Å². The summed E-state index contributed by atoms with van der Waals surface area (Å²) in [6.45, 7) is 1.62. The summed E-state index contributed by atoms with van der Waals surface area (Å²) >= 11 is 6.46. The van der Waals surface area contributed by atoms with Crippen LogP contribution in [0.2, 0.25) is 5.02 Å². The number of carbonyl (C=O) groups is 2. The first-order valence-corrected chi connectivity index (χ1v) is 12.1. The fourth-order valence-electron chi connectivity index (χ4n) is 4.34. The lowest BCUT2D eigenvalue weighted by Gasteiger charge is -2.35. The number of anilines is 2. The minimum Gasteiger partial charge on any atom is -0.388 e. The Morgan fingerprint density at radius 3 is 2.57 bits per heavy atom. The van der Waals surface area contributed by atoms with E-state index in [1.807, 2.05) is 4.90 Å². The van der Waals surface area contributed by atoms with Crippen molar-refractivity contribution in [2.45, 2.75) is 18.9 Å². The quantitative estimate of drug-likeness (QED) is 0.518. The lowest BCUT2D eigenvalue weighted by atomic mass is 9.92. The van der Waals surface area contributed by atoms with Crippen molar-refractivity contribution in [3.05, 3.63) is 40.4 Å². The van der Waals surface area contributed by atoms with Gasteiger partial charge in [-0.1, -0.05) is 17.7 Å². The molecule has 2 aliphatic rings. The first kappa shape index (κ1) is 26.6. The molecule has 0 radical (unpaired) electrons. The van der Waals surface area contributed by atoms with E-state index >= 15 is 4.39 Å². The topological polar surface area (TPSA) is 128 Å². The fraction of sp³-hybridized carbons (Fsp3) is 0.417. The van der Waals surface area contributed by atoms with Crippen LogP contribution in [0.25, 0.3) is 16.5 Å². The van der Waals surface area contributed by atoms with Gasteiger partial charge in [0.2, 0.25) is 11.9 Å². The van der Waals surface area contributed by atoms with Crippen LogP contribution < -0.4 is 16.0 Å². The van der Waals surface area contributed by atoms with Crippen molar-refractivity contribution in [3.63, 3.8) is 0 Å². The number of fused-ring (bicyclic) bond motifs is 1. The van der Waals surface area contributed by atoms with Crippen LogP contribution in [0.4, 0.5) is 25.3 Å². The maximum absolute atomic E-state index is 16.0. The minimum absolute atomic E-state index is 0.0668. The second-order valence-electron chi connectivity index (χ2n) is 9.01. The highest BCUT2D eigenvalue weighted by Gasteiger charge is 2.29. The van der Waals surface area contributed by atoms with Gasteiger partial charge in [-0.3, -0.25) is 4.79 Å². The van der Waals surface area contributed by atoms with E-state index in [2.05, 4.69) is 15.3 Å². The molecule has 37 heavy (non-hydrogen) atoms. The van der Waals surface area contributed by atoms with Crippen molar-refractivity contribution < 1.29 is 23.5 Å². The number of hydrogen-bond donors (Lipinski definition) is 3. The number of aromatic nitrogens is 2. The van der Waals surface area contributed by atoms with Gasteiger partial charge in [-0.2, -0.15) is 4.98 Å². The van der Waals surface area contributed by atoms with Crippen molar-refractivity contribution >= 4 is 51.8 Å². The number of aliphatic hydroxyl groups is 1. The Hall–Kier alpha value is -3.51. The van der Waals surface area contributed by atoms with E-state index in [1.165, 1.54) is 28.0 Å². The van der Waals surface area contributed by atoms with E-state index in [4.69, 9.17) is 17.3 Å². The van der Waals surface area contributed by atoms with Gasteiger partial charge in [0.25, 0.3) is 0 Å². The van der Waals surface area contributed by atoms with Gasteiger partial charge in [0.15, 0.2) is 5.82 Å². The number of nitrogens with one attached hydrogen (secondary N) is 1. The number of hydrogen-bond acceptors (Lipinski definition) is 7. The van der Waals surface area contributed by atoms with E-state index in [0.29, 0.717) is 32.0 Å². The molecule has 1 aliphatic heterocycles. The van der Waals surface area contributed by atoms with Crippen molar-refractivity contribution in [2.24, 2.45) is 5.73 Å². The average molecular weight is 536 g/mol. The summed E-state index contributed by atoms with van der Waals surface area (Å²) in [4.78, 5) is 37.2. The third-order valence-corrected chi connectivity index (χ3v) is 6.66. The molecule has 1 aliphatic carbocycles. The number of aliphatic hydroxyl groups excluding tert-OH is 1. The highest BCUT2D eigenvalue weighted by Crippen LogP contribution is 2.40. The number of urea groups is 1. The molecule has 10 nitrogen and oxygen atoms in total. The second-order valence-corrected chi connectivity index (χ2v) is 9.41. The number of benzene rings is 1. The summed E-state index contributed by atoms with van der Waals surface area (Å²) in [5.41, 5.74) is 4.76. The lowest BCUT2D eigenvalue weighted by Crippen LogP contribution is -2.50. The molecule has 198 valence electrons. The molecule has 13 heteroatoms. The summed E-state index contributed by atoms with van der Waals surface area (Å²) in [5.74, 6) is -1.36. The molecule has 4 rings (SSSR count). The van der Waals surface area contributed by atoms with Gasteiger partial charge in [0, 0.05) is 69.8 Å². The molecule has 0 saturated carbocycles. The zero-order valence-corrected chi connectivity index (χ0v) is 21.2. The van der Waals surface area contributed by atoms with E-state index in [1.54, 1.807) is 14.1 Å². The monoisotopic (exact) mass is 535 g/mol. The molecule has 2 aromatic rings. The van der Waals surface area contributed by atoms with Crippen LogP contribution in [0.1, 0.15) is 18.4 Å². The highest BCUT2D eigenvalue weighted by molar-refractivity contribution is 6.33. The third kappa shape index (κ3) is 5.44. The summed E-state index contributed by atoms with van der Waals surface area (Å²) < 4.78 is 30.7. The summed E-state index contributed by atoms with van der Waals surface area (Å²) in [6.07, 6.45) is 1.63. The molecule has 1 aromatic heterocycles. The maximum Gasteiger partial charge on any atom is 0.314 e. The molecule has 1 saturated heterocycles. The molecule has 0 spiro atoms. The van der Waals surface area contributed by atoms with Gasteiger partial charge in [-0.25, -0.2) is 18.6 Å². The van der Waals surface area contributed by atoms with Crippen LogP contribution in [-0.4, -0.2) is 89.7 Å². The van der Waals surface area contributed by atoms with Crippen molar-refractivity contribution in [3.8, 4) is 0 Å². The molecule has 1 fully saturated rings. The summed E-state index contributed by atoms with van der Waals surface area (Å²) in [5, 5.41) is 13.6. The molecule has 1 atom stereocenters. The van der Waals surface area contributed by atoms with Gasteiger partial charge < -0.3 is 30.9 Å². The van der Waals surface area contributed by atoms with Crippen molar-refractivity contribution in [1.82, 2.24) is 19.8 Å². The number of primary amides is 1. The standard InChI is InChI=1S/C24H28ClF2N7O3/c1-32(2)17(36)6-7-29-24-30-21-13(22(31-24)33-8-10-34(11-9-33)23(28)37)12-14(25)18(20(21)27)19-15(26)4-3-5-16(19)35/h3-4,12,16,35H,5-11H2,1-2H3,(H2,28,37)(H,29,30,31). The number of carbonyl (C=O) groups excluding carboxylic acids is 2. The average Bonchev–Trinajstić information content (AvgIpc) is 2.85. The fourth-order valence-corrected chi connectivity index (χ4v) is 4.64. The predicted molar refractivity (Wildman–Crippen MR) is 137 cm³/mol. The van der Waals surface area contributed by atoms with Crippen molar-refractivity contribution in [1.29, 1.82) is 0 Å². The van der Waals surface area contributed by atoms with E-state index in [-0.39, 0.29) is 58.3 Å². The predicted octanol–water partition coefficient (Wildman–Crippen LogP) is 2.51. The van der Waals surface area contributed by atoms with Crippen LogP contribution in [-0.2, 0) is 4.79 Å². The first-order chi connectivity index (χ1) is 17.6. The Morgan fingerprint density at radius 1 is 1.24 bits per heavy atom. The SMILES string of the molecule is CN(C)C(=O)CCNc1nc(N2CCN(C(N)=O)CC2)c2cc(Cl)c(C3=C(F)C=CCC3O)c(F)c2n1. The van der Waals surface area contributed by atoms with E-state index < -0.39 is 23.8 Å². The molecular formula is C24H28ClF2N7O3. The molecule has 1 unspecified atom stereocenters. The van der Waals surface area contributed by atoms with Crippen LogP contribution in [0.5, 0.6) is 0 Å². The smallest absolute Gasteiger partial charge is 0.314 e. The van der Waals surface area contributed by atoms with E-state index in [0.717, 1.165) is 0 Å². The number of piperazine rings is 1. The highest BCUT2D eigenvalue weighted by atomic mass is 35.5. The lowest BCUT2D eigenvalue weighted by molar-refractivity contribution is -0.128. The number of nitrogens with zero attached hydrogens (tertiary/aromatic N) is 5. The zero-order chi connectivity index (χ0) is 26.9. The largest absolute Gasteiger partial charge is 0.388 e. The third-order valence-electron chi connectivity index (χ3n) is 6.36. The number of allylic oxidation sites excluding steroid dienone is 2. The Bertz CT molecular complexity index is 1290. The number of rotatable bonds is 6. The Kier molecular flexibility index (Phi) is 7.79. The summed E-state index contributed by atoms with van der Waals surface area (Å²) in [6, 6.07) is 0.921. The van der Waals surface area contributed by atoms with Crippen LogP contribution in [0.15, 0.2) is 24.0 Å². The van der Waals surface area contributed by atoms with Gasteiger partial charge in [0.1, 0.15) is 17.2 Å². The molecule has 1 aromatic carbocycles. The Balaban J connectivity index is 1.80. The van der Waals surface area contributed by atoms with Gasteiger partial charge in [0.05, 0.1) is 11.1 Å². The molecule has 2 heterocycles.